The number of nitrogens with zero attached hydrogens (tertiary/aromatic N) is 1. The van der Waals surface area contributed by atoms with Crippen LogP contribution in [0.5, 0.6) is 11.5 Å². The van der Waals surface area contributed by atoms with E-state index in [0.717, 1.165) is 0 Å². The van der Waals surface area contributed by atoms with Crippen molar-refractivity contribution in [2.75, 3.05) is 34.0 Å². The maximum atomic E-state index is 13.5. The first-order valence-electron chi connectivity index (χ1n) is 12.7. The number of aliphatic hydroxyl groups is 1. The predicted molar refractivity (Wildman–Crippen MR) is 138 cm³/mol. The molecule has 2 saturated heterocycles. The molecule has 2 unspecified atom stereocenters. The molecule has 37 heavy (non-hydrogen) atoms. The smallest absolute Gasteiger partial charge is 0.410 e. The van der Waals surface area contributed by atoms with Crippen LogP contribution in [0.3, 0.4) is 0 Å². The number of ether oxygens (including phenoxy) is 4. The van der Waals surface area contributed by atoms with Crippen molar-refractivity contribution < 1.29 is 28.8 Å². The van der Waals surface area contributed by atoms with Gasteiger partial charge in [-0.15, -0.1) is 0 Å². The Labute approximate surface area is 216 Å². The van der Waals surface area contributed by atoms with E-state index in [0.29, 0.717) is 43.1 Å². The van der Waals surface area contributed by atoms with Crippen molar-refractivity contribution in [3.63, 3.8) is 0 Å². The Hall–Kier alpha value is -3.55. The standard InChI is InChI=1S/C30H31NO6/c1-34-21-11-12-28(35-2)27(13-21)30(33)14-19-16-36-17-20(15-30)31(19)29(32)37-18-26-24-9-5-3-7-22(24)23-8-4-6-10-25(23)26/h3-13,19-20,26,33H,14-18H2,1-2H3. The molecule has 2 heterocycles. The van der Waals surface area contributed by atoms with E-state index in [1.54, 1.807) is 31.3 Å². The number of hydrogen-bond acceptors (Lipinski definition) is 6. The van der Waals surface area contributed by atoms with Crippen molar-refractivity contribution in [2.24, 2.45) is 0 Å². The molecule has 1 N–H and O–H groups in total. The fourth-order valence-electron chi connectivity index (χ4n) is 6.34. The lowest BCUT2D eigenvalue weighted by atomic mass is 9.76. The summed E-state index contributed by atoms with van der Waals surface area (Å²) in [5, 5.41) is 11.8. The van der Waals surface area contributed by atoms with E-state index in [1.165, 1.54) is 22.3 Å². The minimum absolute atomic E-state index is 0.00444. The zero-order valence-electron chi connectivity index (χ0n) is 21.1. The minimum Gasteiger partial charge on any atom is -0.497 e. The summed E-state index contributed by atoms with van der Waals surface area (Å²) < 4.78 is 22.7. The first-order valence-corrected chi connectivity index (χ1v) is 12.7. The average Bonchev–Trinajstić information content (AvgIpc) is 3.24. The van der Waals surface area contributed by atoms with Gasteiger partial charge in [-0.05, 0) is 40.5 Å². The zero-order chi connectivity index (χ0) is 25.6. The van der Waals surface area contributed by atoms with Gasteiger partial charge >= 0.3 is 6.09 Å². The Morgan fingerprint density at radius 1 is 0.946 bits per heavy atom. The molecule has 6 rings (SSSR count). The molecule has 3 aliphatic rings. The summed E-state index contributed by atoms with van der Waals surface area (Å²) in [6.07, 6.45) is 0.272. The summed E-state index contributed by atoms with van der Waals surface area (Å²) in [7, 11) is 3.18. The highest BCUT2D eigenvalue weighted by molar-refractivity contribution is 5.79. The fourth-order valence-corrected chi connectivity index (χ4v) is 6.34. The second kappa shape index (κ2) is 9.39. The summed E-state index contributed by atoms with van der Waals surface area (Å²) in [4.78, 5) is 15.3. The number of carbonyl (C=O) groups excluding carboxylic acids is 1. The predicted octanol–water partition coefficient (Wildman–Crippen LogP) is 4.70. The van der Waals surface area contributed by atoms with Gasteiger partial charge < -0.3 is 24.1 Å². The van der Waals surface area contributed by atoms with Crippen molar-refractivity contribution in [1.29, 1.82) is 0 Å². The Balaban J connectivity index is 1.22. The highest BCUT2D eigenvalue weighted by atomic mass is 16.6. The Morgan fingerprint density at radius 3 is 2.16 bits per heavy atom. The Bertz CT molecular complexity index is 1260. The van der Waals surface area contributed by atoms with Crippen molar-refractivity contribution >= 4 is 6.09 Å². The molecule has 2 fully saturated rings. The molecule has 2 aliphatic heterocycles. The summed E-state index contributed by atoms with van der Waals surface area (Å²) in [6, 6.07) is 21.4. The minimum atomic E-state index is -1.18. The maximum absolute atomic E-state index is 13.5. The molecule has 0 radical (unpaired) electrons. The molecule has 0 aromatic heterocycles. The molecular formula is C30H31NO6. The molecule has 192 valence electrons. The van der Waals surface area contributed by atoms with Gasteiger partial charge in [-0.3, -0.25) is 4.90 Å². The number of benzene rings is 3. The maximum Gasteiger partial charge on any atom is 0.410 e. The van der Waals surface area contributed by atoms with Gasteiger partial charge in [0.2, 0.25) is 0 Å². The lowest BCUT2D eigenvalue weighted by molar-refractivity contribution is -0.137. The van der Waals surface area contributed by atoms with E-state index < -0.39 is 5.60 Å². The number of fused-ring (bicyclic) bond motifs is 5. The second-order valence-electron chi connectivity index (χ2n) is 10.1. The highest BCUT2D eigenvalue weighted by Crippen LogP contribution is 2.47. The molecule has 3 aromatic carbocycles. The van der Waals surface area contributed by atoms with Gasteiger partial charge in [0.15, 0.2) is 0 Å². The molecule has 1 amide bonds. The summed E-state index contributed by atoms with van der Waals surface area (Å²) in [6.45, 7) is 0.947. The van der Waals surface area contributed by atoms with Crippen LogP contribution in [0.1, 0.15) is 35.4 Å². The van der Waals surface area contributed by atoms with Gasteiger partial charge in [0.05, 0.1) is 45.1 Å². The molecule has 1 aliphatic carbocycles. The summed E-state index contributed by atoms with van der Waals surface area (Å²) in [5.74, 6) is 1.23. The van der Waals surface area contributed by atoms with E-state index in [9.17, 15) is 9.90 Å². The Kier molecular flexibility index (Phi) is 6.05. The third-order valence-corrected chi connectivity index (χ3v) is 8.01. The third kappa shape index (κ3) is 4.03. The molecule has 7 nitrogen and oxygen atoms in total. The van der Waals surface area contributed by atoms with E-state index in [2.05, 4.69) is 24.3 Å². The molecule has 3 aromatic rings. The van der Waals surface area contributed by atoms with Crippen molar-refractivity contribution in [3.8, 4) is 22.6 Å². The average molecular weight is 502 g/mol. The second-order valence-corrected chi connectivity index (χ2v) is 10.1. The van der Waals surface area contributed by atoms with Crippen LogP contribution in [0.15, 0.2) is 66.7 Å². The van der Waals surface area contributed by atoms with Gasteiger partial charge in [-0.25, -0.2) is 4.79 Å². The number of carbonyl (C=O) groups is 1. The largest absolute Gasteiger partial charge is 0.497 e. The number of hydrogen-bond donors (Lipinski definition) is 1. The van der Waals surface area contributed by atoms with Gasteiger partial charge in [-0.1, -0.05) is 48.5 Å². The van der Waals surface area contributed by atoms with Gasteiger partial charge in [0.25, 0.3) is 0 Å². The number of morpholine rings is 1. The van der Waals surface area contributed by atoms with E-state index >= 15 is 0 Å². The fraction of sp³-hybridized carbons (Fsp3) is 0.367. The van der Waals surface area contributed by atoms with E-state index in [1.807, 2.05) is 30.3 Å². The lowest BCUT2D eigenvalue weighted by Gasteiger charge is -2.51. The first kappa shape index (κ1) is 23.8. The number of piperidine rings is 1. The number of amides is 1. The van der Waals surface area contributed by atoms with Crippen LogP contribution in [0.25, 0.3) is 11.1 Å². The van der Waals surface area contributed by atoms with Crippen LogP contribution in [0.2, 0.25) is 0 Å². The van der Waals surface area contributed by atoms with E-state index in [4.69, 9.17) is 18.9 Å². The molecule has 0 saturated carbocycles. The summed E-state index contributed by atoms with van der Waals surface area (Å²) >= 11 is 0. The molecule has 0 spiro atoms. The van der Waals surface area contributed by atoms with Crippen molar-refractivity contribution in [3.05, 3.63) is 83.4 Å². The third-order valence-electron chi connectivity index (χ3n) is 8.01. The molecule has 7 heteroatoms. The summed E-state index contributed by atoms with van der Waals surface area (Å²) in [5.41, 5.74) is 4.23. The van der Waals surface area contributed by atoms with Crippen LogP contribution in [0, 0.1) is 0 Å². The van der Waals surface area contributed by atoms with Crippen LogP contribution < -0.4 is 9.47 Å². The number of rotatable bonds is 5. The Morgan fingerprint density at radius 2 is 1.57 bits per heavy atom. The number of methoxy groups -OCH3 is 2. The van der Waals surface area contributed by atoms with Crippen molar-refractivity contribution in [2.45, 2.75) is 36.4 Å². The topological polar surface area (TPSA) is 77.5 Å². The quantitative estimate of drug-likeness (QED) is 0.546. The van der Waals surface area contributed by atoms with Crippen LogP contribution in [0.4, 0.5) is 4.79 Å². The highest BCUT2D eigenvalue weighted by Gasteiger charge is 2.50. The molecular weight excluding hydrogens is 470 g/mol. The zero-order valence-corrected chi connectivity index (χ0v) is 21.1. The van der Waals surface area contributed by atoms with Crippen LogP contribution in [-0.2, 0) is 15.1 Å². The monoisotopic (exact) mass is 501 g/mol. The van der Waals surface area contributed by atoms with Gasteiger partial charge in [0.1, 0.15) is 18.1 Å². The van der Waals surface area contributed by atoms with E-state index in [-0.39, 0.29) is 30.7 Å². The van der Waals surface area contributed by atoms with Gasteiger partial charge in [-0.2, -0.15) is 0 Å². The van der Waals surface area contributed by atoms with Crippen molar-refractivity contribution in [1.82, 2.24) is 4.90 Å². The first-order chi connectivity index (χ1) is 18.0. The lowest BCUT2D eigenvalue weighted by Crippen LogP contribution is -2.62. The van der Waals surface area contributed by atoms with Gasteiger partial charge in [0, 0.05) is 24.3 Å². The normalized spacial score (nSPS) is 24.2. The van der Waals surface area contributed by atoms with Crippen LogP contribution >= 0.6 is 0 Å². The molecule has 2 atom stereocenters. The SMILES string of the molecule is COc1ccc(OC)c(C2(O)CC3COCC(C2)N3C(=O)OCC2c3ccccc3-c3ccccc32)c1. The molecule has 2 bridgehead atoms. The van der Waals surface area contributed by atoms with Crippen LogP contribution in [-0.4, -0.2) is 62.2 Å².